The van der Waals surface area contributed by atoms with Crippen LogP contribution in [0.2, 0.25) is 0 Å². The molecule has 2 atom stereocenters. The summed E-state index contributed by atoms with van der Waals surface area (Å²) in [5, 5.41) is 2.61. The number of nitrogens with two attached hydrogens (primary N) is 1. The molecule has 0 radical (unpaired) electrons. The van der Waals surface area contributed by atoms with Crippen molar-refractivity contribution in [3.05, 3.63) is 18.5 Å². The summed E-state index contributed by atoms with van der Waals surface area (Å²) in [6.07, 6.45) is 1.82. The summed E-state index contributed by atoms with van der Waals surface area (Å²) in [6.45, 7) is 6.19. The van der Waals surface area contributed by atoms with E-state index in [2.05, 4.69) is 10.3 Å². The van der Waals surface area contributed by atoms with Crippen molar-refractivity contribution in [2.45, 2.75) is 45.0 Å². The van der Waals surface area contributed by atoms with E-state index in [1.165, 1.54) is 0 Å². The number of rotatable bonds is 2. The number of piperidine rings is 1. The van der Waals surface area contributed by atoms with Gasteiger partial charge in [0.05, 0.1) is 23.6 Å². The predicted molar refractivity (Wildman–Crippen MR) is 83.5 cm³/mol. The fraction of sp³-hybridized carbons (Fsp3) is 0.600. The fourth-order valence-corrected chi connectivity index (χ4v) is 2.42. The zero-order valence-corrected chi connectivity index (χ0v) is 13.2. The molecule has 3 N–H and O–H groups in total. The second-order valence-corrected chi connectivity index (χ2v) is 6.44. The van der Waals surface area contributed by atoms with Gasteiger partial charge in [-0.1, -0.05) is 0 Å². The van der Waals surface area contributed by atoms with Gasteiger partial charge in [-0.15, -0.1) is 0 Å². The van der Waals surface area contributed by atoms with Gasteiger partial charge in [-0.05, 0) is 33.3 Å². The molecule has 1 aromatic rings. The topological polar surface area (TPSA) is 80.5 Å². The molecule has 1 saturated heterocycles. The fourth-order valence-electron chi connectivity index (χ4n) is 2.42. The lowest BCUT2D eigenvalue weighted by molar-refractivity contribution is 0.0466. The molecule has 2 heterocycles. The molecule has 1 aliphatic heterocycles. The van der Waals surface area contributed by atoms with Crippen molar-refractivity contribution in [2.24, 2.45) is 0 Å². The Morgan fingerprint density at radius 3 is 2.91 bits per heavy atom. The van der Waals surface area contributed by atoms with Crippen LogP contribution in [0.5, 0.6) is 0 Å². The predicted octanol–water partition coefficient (Wildman–Crippen LogP) is 2.11. The van der Waals surface area contributed by atoms with Crippen LogP contribution in [0.1, 0.15) is 27.2 Å². The summed E-state index contributed by atoms with van der Waals surface area (Å²) < 4.78 is 19.3. The number of nitrogens with one attached hydrogen (secondary N) is 1. The Balaban J connectivity index is 2.02. The molecular formula is C15H23FN4O2. The first-order chi connectivity index (χ1) is 10.3. The van der Waals surface area contributed by atoms with E-state index >= 15 is 0 Å². The van der Waals surface area contributed by atoms with Crippen LogP contribution in [0.15, 0.2) is 18.5 Å². The molecule has 0 unspecified atom stereocenters. The van der Waals surface area contributed by atoms with Crippen molar-refractivity contribution in [3.63, 3.8) is 0 Å². The van der Waals surface area contributed by atoms with Gasteiger partial charge in [0.1, 0.15) is 11.8 Å². The van der Waals surface area contributed by atoms with Crippen molar-refractivity contribution < 1.29 is 13.9 Å². The van der Waals surface area contributed by atoms with E-state index in [0.29, 0.717) is 25.2 Å². The number of alkyl carbamates (subject to hydrolysis) is 1. The normalized spacial score (nSPS) is 22.3. The van der Waals surface area contributed by atoms with Crippen LogP contribution in [-0.2, 0) is 4.74 Å². The molecule has 1 aromatic heterocycles. The van der Waals surface area contributed by atoms with Crippen LogP contribution in [0.4, 0.5) is 20.6 Å². The summed E-state index contributed by atoms with van der Waals surface area (Å²) in [4.78, 5) is 17.7. The molecule has 0 saturated carbocycles. The lowest BCUT2D eigenvalue weighted by Gasteiger charge is -2.37. The Morgan fingerprint density at radius 1 is 1.55 bits per heavy atom. The Hall–Kier alpha value is -2.05. The number of amides is 1. The van der Waals surface area contributed by atoms with Crippen LogP contribution in [0, 0.1) is 0 Å². The van der Waals surface area contributed by atoms with Crippen LogP contribution >= 0.6 is 0 Å². The lowest BCUT2D eigenvalue weighted by Crippen LogP contribution is -2.54. The molecule has 1 aliphatic rings. The van der Waals surface area contributed by atoms with Gasteiger partial charge < -0.3 is 20.7 Å². The zero-order chi connectivity index (χ0) is 16.3. The molecule has 122 valence electrons. The average molecular weight is 310 g/mol. The van der Waals surface area contributed by atoms with Crippen molar-refractivity contribution in [1.82, 2.24) is 10.3 Å². The third kappa shape index (κ3) is 4.22. The first kappa shape index (κ1) is 16.3. The summed E-state index contributed by atoms with van der Waals surface area (Å²) in [5.74, 6) is 0. The van der Waals surface area contributed by atoms with Crippen LogP contribution in [0.3, 0.4) is 0 Å². The smallest absolute Gasteiger partial charge is 0.408 e. The minimum atomic E-state index is -1.10. The minimum absolute atomic E-state index is 0.322. The van der Waals surface area contributed by atoms with E-state index in [1.807, 2.05) is 4.90 Å². The monoisotopic (exact) mass is 310 g/mol. The zero-order valence-electron chi connectivity index (χ0n) is 13.2. The molecule has 2 rings (SSSR count). The summed E-state index contributed by atoms with van der Waals surface area (Å²) in [7, 11) is 0. The number of carbonyl (C=O) groups excluding carboxylic acids is 1. The van der Waals surface area contributed by atoms with Gasteiger partial charge in [-0.2, -0.15) is 0 Å². The number of carbonyl (C=O) groups is 1. The molecular weight excluding hydrogens is 287 g/mol. The number of hydrogen-bond donors (Lipinski definition) is 2. The van der Waals surface area contributed by atoms with Gasteiger partial charge in [-0.3, -0.25) is 4.98 Å². The third-order valence-electron chi connectivity index (χ3n) is 3.40. The van der Waals surface area contributed by atoms with Crippen molar-refractivity contribution >= 4 is 17.5 Å². The lowest BCUT2D eigenvalue weighted by atomic mass is 10.0. The second kappa shape index (κ2) is 6.37. The standard InChI is InChI=1S/C15H23FN4O2/c1-15(2,3)22-14(21)19-12-9-20(7-5-10(12)16)13-4-6-18-8-11(13)17/h4,6,8,10,12H,5,7,9,17H2,1-3H3,(H,19,21)/t10-,12+/m0/s1. The van der Waals surface area contributed by atoms with Gasteiger partial charge in [0.25, 0.3) is 0 Å². The SMILES string of the molecule is CC(C)(C)OC(=O)N[C@@H]1CN(c2ccncc2N)CC[C@@H]1F. The van der Waals surface area contributed by atoms with Crippen molar-refractivity contribution in [1.29, 1.82) is 0 Å². The molecule has 1 amide bonds. The highest BCUT2D eigenvalue weighted by molar-refractivity contribution is 5.69. The highest BCUT2D eigenvalue weighted by atomic mass is 19.1. The summed E-state index contributed by atoms with van der Waals surface area (Å²) in [5.41, 5.74) is 6.64. The summed E-state index contributed by atoms with van der Waals surface area (Å²) >= 11 is 0. The van der Waals surface area contributed by atoms with E-state index in [4.69, 9.17) is 10.5 Å². The summed E-state index contributed by atoms with van der Waals surface area (Å²) in [6, 6.07) is 1.16. The molecule has 0 aromatic carbocycles. The number of halogens is 1. The quantitative estimate of drug-likeness (QED) is 0.874. The Morgan fingerprint density at radius 2 is 2.27 bits per heavy atom. The molecule has 0 aliphatic carbocycles. The van der Waals surface area contributed by atoms with Gasteiger partial charge in [0, 0.05) is 19.3 Å². The molecule has 7 heteroatoms. The van der Waals surface area contributed by atoms with Crippen LogP contribution in [0.25, 0.3) is 0 Å². The van der Waals surface area contributed by atoms with Gasteiger partial charge in [0.2, 0.25) is 0 Å². The van der Waals surface area contributed by atoms with Gasteiger partial charge >= 0.3 is 6.09 Å². The van der Waals surface area contributed by atoms with E-state index in [1.54, 1.807) is 39.2 Å². The third-order valence-corrected chi connectivity index (χ3v) is 3.40. The van der Waals surface area contributed by atoms with Gasteiger partial charge in [-0.25, -0.2) is 9.18 Å². The van der Waals surface area contributed by atoms with E-state index in [-0.39, 0.29) is 0 Å². The maximum atomic E-state index is 14.1. The number of ether oxygens (including phenoxy) is 1. The molecule has 22 heavy (non-hydrogen) atoms. The highest BCUT2D eigenvalue weighted by Gasteiger charge is 2.32. The largest absolute Gasteiger partial charge is 0.444 e. The molecule has 0 spiro atoms. The number of alkyl halides is 1. The van der Waals surface area contributed by atoms with Gasteiger partial charge in [0.15, 0.2) is 0 Å². The van der Waals surface area contributed by atoms with E-state index in [9.17, 15) is 9.18 Å². The second-order valence-electron chi connectivity index (χ2n) is 6.44. The number of anilines is 2. The van der Waals surface area contributed by atoms with Crippen molar-refractivity contribution in [3.8, 4) is 0 Å². The maximum absolute atomic E-state index is 14.1. The Kier molecular flexibility index (Phi) is 4.73. The number of hydrogen-bond acceptors (Lipinski definition) is 5. The highest BCUT2D eigenvalue weighted by Crippen LogP contribution is 2.26. The Labute approximate surface area is 129 Å². The Bertz CT molecular complexity index is 533. The molecule has 1 fully saturated rings. The van der Waals surface area contributed by atoms with E-state index < -0.39 is 23.9 Å². The maximum Gasteiger partial charge on any atom is 0.408 e. The van der Waals surface area contributed by atoms with Crippen molar-refractivity contribution in [2.75, 3.05) is 23.7 Å². The first-order valence-corrected chi connectivity index (χ1v) is 7.34. The van der Waals surface area contributed by atoms with Crippen LogP contribution in [-0.4, -0.2) is 42.0 Å². The minimum Gasteiger partial charge on any atom is -0.444 e. The number of nitrogens with zero attached hydrogens (tertiary/aromatic N) is 2. The number of pyridine rings is 1. The van der Waals surface area contributed by atoms with Crippen LogP contribution < -0.4 is 16.0 Å². The first-order valence-electron chi connectivity index (χ1n) is 7.34. The molecule has 6 nitrogen and oxygen atoms in total. The molecule has 0 bridgehead atoms. The number of aromatic nitrogens is 1. The van der Waals surface area contributed by atoms with E-state index in [0.717, 1.165) is 5.69 Å². The average Bonchev–Trinajstić information content (AvgIpc) is 2.40. The number of nitrogen functional groups attached to an aromatic ring is 1.